The molecule has 0 spiro atoms. The van der Waals surface area contributed by atoms with Gasteiger partial charge in [0.15, 0.2) is 0 Å². The van der Waals surface area contributed by atoms with Crippen molar-refractivity contribution in [2.75, 3.05) is 0 Å². The highest BCUT2D eigenvalue weighted by Crippen LogP contribution is 2.14. The van der Waals surface area contributed by atoms with Crippen LogP contribution < -0.4 is 0 Å². The summed E-state index contributed by atoms with van der Waals surface area (Å²) < 4.78 is 0. The van der Waals surface area contributed by atoms with E-state index in [1.54, 1.807) is 0 Å². The summed E-state index contributed by atoms with van der Waals surface area (Å²) in [7, 11) is 0. The lowest BCUT2D eigenvalue weighted by molar-refractivity contribution is 1.47. The second kappa shape index (κ2) is 4.38. The predicted octanol–water partition coefficient (Wildman–Crippen LogP) is 1.49. The van der Waals surface area contributed by atoms with Crippen LogP contribution in [0.3, 0.4) is 0 Å². The van der Waals surface area contributed by atoms with Gasteiger partial charge in [-0.1, -0.05) is 19.3 Å². The molecule has 0 heterocycles. The Bertz CT molecular complexity index is 47.8. The topological polar surface area (TPSA) is 47.7 Å². The molecule has 2 heteroatoms. The van der Waals surface area contributed by atoms with Crippen LogP contribution in [-0.4, -0.2) is 6.01 Å². The van der Waals surface area contributed by atoms with E-state index >= 15 is 0 Å². The van der Waals surface area contributed by atoms with Crippen LogP contribution in [0.25, 0.3) is 0 Å². The molecule has 0 aromatic rings. The number of nitrogens with one attached hydrogen (secondary N) is 2. The maximum atomic E-state index is 5.62. The first kappa shape index (κ1) is 5.38. The van der Waals surface area contributed by atoms with Gasteiger partial charge in [0, 0.05) is 0 Å². The van der Waals surface area contributed by atoms with Gasteiger partial charge in [-0.25, -0.2) is 10.8 Å². The molecule has 1 aliphatic carbocycles. The molecule has 0 radical (unpaired) electrons. The smallest absolute Gasteiger partial charge is 0.0831 e. The number of hydrogen-bond donors (Lipinski definition) is 2. The first-order chi connectivity index (χ1) is 2.91. The minimum Gasteiger partial charge on any atom is -0.242 e. The number of rotatable bonds is 0. The van der Waals surface area contributed by atoms with Crippen LogP contribution in [-0.2, 0) is 0 Å². The summed E-state index contributed by atoms with van der Waals surface area (Å²) in [5, 5.41) is 11.2. The van der Waals surface area contributed by atoms with Crippen molar-refractivity contribution in [3.8, 4) is 0 Å². The summed E-state index contributed by atoms with van der Waals surface area (Å²) in [6.07, 6.45) is 4.50. The molecule has 0 saturated heterocycles. The Balaban J connectivity index is 0.0000000833. The zero-order valence-electron chi connectivity index (χ0n) is 3.62. The van der Waals surface area contributed by atoms with Crippen LogP contribution >= 0.6 is 0 Å². The average Bonchev–Trinajstić information content (AvgIpc) is 2.11. The second-order valence-electron chi connectivity index (χ2n) is 1.19. The van der Waals surface area contributed by atoms with Gasteiger partial charge in [0.1, 0.15) is 0 Å². The monoisotopic (exact) mass is 84.1 g/mol. The van der Waals surface area contributed by atoms with Crippen molar-refractivity contribution >= 4 is 6.01 Å². The van der Waals surface area contributed by atoms with E-state index in [-0.39, 0.29) is 0 Å². The van der Waals surface area contributed by atoms with Crippen molar-refractivity contribution in [3.05, 3.63) is 0 Å². The van der Waals surface area contributed by atoms with Crippen LogP contribution in [0.4, 0.5) is 0 Å². The standard InChI is InChI=1S/C3H6.CH2N2/c1-2-3-1;2-1-3/h1-3H2;2-3H. The minimum atomic E-state index is 1.25. The third kappa shape index (κ3) is 133. The van der Waals surface area contributed by atoms with Crippen LogP contribution in [0.5, 0.6) is 0 Å². The Kier molecular flexibility index (Phi) is 3.93. The van der Waals surface area contributed by atoms with Crippen molar-refractivity contribution in [2.24, 2.45) is 0 Å². The van der Waals surface area contributed by atoms with Crippen LogP contribution in [0.2, 0.25) is 0 Å². The van der Waals surface area contributed by atoms with E-state index in [4.69, 9.17) is 10.8 Å². The Labute approximate surface area is 37.2 Å². The number of hydrogen-bond acceptors (Lipinski definition) is 2. The molecule has 34 valence electrons. The average molecular weight is 84.1 g/mol. The zero-order valence-corrected chi connectivity index (χ0v) is 3.62. The molecular formula is C4H8N2. The molecule has 1 rings (SSSR count). The Morgan fingerprint density at radius 2 is 1.17 bits per heavy atom. The summed E-state index contributed by atoms with van der Waals surface area (Å²) in [4.78, 5) is 0. The van der Waals surface area contributed by atoms with Crippen molar-refractivity contribution in [3.63, 3.8) is 0 Å². The lowest BCUT2D eigenvalue weighted by Gasteiger charge is -1.09. The van der Waals surface area contributed by atoms with E-state index in [9.17, 15) is 0 Å². The van der Waals surface area contributed by atoms with E-state index < -0.39 is 0 Å². The maximum absolute atomic E-state index is 5.62. The molecule has 0 atom stereocenters. The lowest BCUT2D eigenvalue weighted by Crippen LogP contribution is -1.11. The molecular weight excluding hydrogens is 76.1 g/mol. The molecule has 0 unspecified atom stereocenters. The fourth-order valence-corrected chi connectivity index (χ4v) is 0. The molecule has 0 aromatic heterocycles. The fraction of sp³-hybridized carbons (Fsp3) is 0.750. The summed E-state index contributed by atoms with van der Waals surface area (Å²) >= 11 is 0. The van der Waals surface area contributed by atoms with Gasteiger partial charge in [-0.3, -0.25) is 0 Å². The highest BCUT2D eigenvalue weighted by atomic mass is 14.4. The van der Waals surface area contributed by atoms with Gasteiger partial charge < -0.3 is 0 Å². The predicted molar refractivity (Wildman–Crippen MR) is 24.3 cm³/mol. The summed E-state index contributed by atoms with van der Waals surface area (Å²) in [6, 6.07) is 1.25. The lowest BCUT2D eigenvalue weighted by atomic mass is 11.0. The van der Waals surface area contributed by atoms with Gasteiger partial charge in [0.2, 0.25) is 0 Å². The fourth-order valence-electron chi connectivity index (χ4n) is 0. The van der Waals surface area contributed by atoms with E-state index in [0.717, 1.165) is 0 Å². The normalized spacial score (nSPS) is 13.3. The van der Waals surface area contributed by atoms with Crippen molar-refractivity contribution in [1.29, 1.82) is 10.8 Å². The molecule has 2 nitrogen and oxygen atoms in total. The van der Waals surface area contributed by atoms with Gasteiger partial charge in [0.05, 0.1) is 6.01 Å². The molecule has 0 aromatic carbocycles. The molecule has 2 N–H and O–H groups in total. The van der Waals surface area contributed by atoms with Crippen LogP contribution in [0.1, 0.15) is 19.3 Å². The molecule has 1 aliphatic rings. The first-order valence-electron chi connectivity index (χ1n) is 2.00. The highest BCUT2D eigenvalue weighted by Gasteiger charge is 1.95. The van der Waals surface area contributed by atoms with Crippen molar-refractivity contribution < 1.29 is 0 Å². The Hall–Kier alpha value is -0.620. The first-order valence-corrected chi connectivity index (χ1v) is 2.00. The van der Waals surface area contributed by atoms with Gasteiger partial charge >= 0.3 is 0 Å². The summed E-state index contributed by atoms with van der Waals surface area (Å²) in [5.41, 5.74) is 0. The second-order valence-corrected chi connectivity index (χ2v) is 1.19. The van der Waals surface area contributed by atoms with E-state index in [2.05, 4.69) is 0 Å². The van der Waals surface area contributed by atoms with Crippen LogP contribution in [0.15, 0.2) is 0 Å². The quantitative estimate of drug-likeness (QED) is 0.418. The summed E-state index contributed by atoms with van der Waals surface area (Å²) in [6.45, 7) is 0. The van der Waals surface area contributed by atoms with E-state index in [1.165, 1.54) is 25.3 Å². The zero-order chi connectivity index (χ0) is 4.83. The van der Waals surface area contributed by atoms with Crippen LogP contribution in [0, 0.1) is 10.8 Å². The highest BCUT2D eigenvalue weighted by molar-refractivity contribution is 5.29. The van der Waals surface area contributed by atoms with E-state index in [1.807, 2.05) is 0 Å². The SMILES string of the molecule is C1CC1.N=C=N. The Morgan fingerprint density at radius 3 is 1.17 bits per heavy atom. The molecule has 1 fully saturated rings. The summed E-state index contributed by atoms with van der Waals surface area (Å²) in [5.74, 6) is 0. The third-order valence-electron chi connectivity index (χ3n) is 0.354. The molecule has 1 saturated carbocycles. The molecule has 6 heavy (non-hydrogen) atoms. The van der Waals surface area contributed by atoms with Gasteiger partial charge in [-0.05, 0) is 0 Å². The molecule has 0 amide bonds. The maximum Gasteiger partial charge on any atom is 0.0831 e. The minimum absolute atomic E-state index is 1.25. The van der Waals surface area contributed by atoms with E-state index in [0.29, 0.717) is 0 Å². The van der Waals surface area contributed by atoms with Crippen molar-refractivity contribution in [2.45, 2.75) is 19.3 Å². The van der Waals surface area contributed by atoms with Gasteiger partial charge in [-0.15, -0.1) is 0 Å². The Morgan fingerprint density at radius 1 is 1.00 bits per heavy atom. The molecule has 0 aliphatic heterocycles. The van der Waals surface area contributed by atoms with Crippen molar-refractivity contribution in [1.82, 2.24) is 0 Å². The third-order valence-corrected chi connectivity index (χ3v) is 0.354. The largest absolute Gasteiger partial charge is 0.242 e. The van der Waals surface area contributed by atoms with Gasteiger partial charge in [0.25, 0.3) is 0 Å². The van der Waals surface area contributed by atoms with Gasteiger partial charge in [-0.2, -0.15) is 0 Å². The molecule has 0 bridgehead atoms.